The van der Waals surface area contributed by atoms with Gasteiger partial charge in [0.1, 0.15) is 5.60 Å². The molecule has 1 atom stereocenters. The minimum Gasteiger partial charge on any atom is -0.444 e. The molecule has 0 heterocycles. The van der Waals surface area contributed by atoms with Gasteiger partial charge in [-0.25, -0.2) is 4.79 Å². The van der Waals surface area contributed by atoms with Gasteiger partial charge in [-0.2, -0.15) is 0 Å². The highest BCUT2D eigenvalue weighted by atomic mass is 16.6. The number of hydrogen-bond donors (Lipinski definition) is 2. The summed E-state index contributed by atoms with van der Waals surface area (Å²) in [4.78, 5) is 24.6. The van der Waals surface area contributed by atoms with Crippen LogP contribution in [0.2, 0.25) is 0 Å². The van der Waals surface area contributed by atoms with E-state index in [1.807, 2.05) is 73.6 Å². The number of carbonyl (C=O) groups is 2. The van der Waals surface area contributed by atoms with E-state index in [0.29, 0.717) is 5.56 Å². The van der Waals surface area contributed by atoms with Crippen LogP contribution in [0.1, 0.15) is 63.0 Å². The summed E-state index contributed by atoms with van der Waals surface area (Å²) in [5.41, 5.74) is 1.70. The number of alkyl carbamates (subject to hydrolysis) is 1. The predicted molar refractivity (Wildman–Crippen MR) is 101 cm³/mol. The molecule has 1 unspecified atom stereocenters. The van der Waals surface area contributed by atoms with Crippen LogP contribution in [0.25, 0.3) is 0 Å². The fourth-order valence-corrected chi connectivity index (χ4v) is 2.18. The van der Waals surface area contributed by atoms with E-state index in [-0.39, 0.29) is 18.4 Å². The van der Waals surface area contributed by atoms with Gasteiger partial charge in [-0.1, -0.05) is 19.9 Å². The Labute approximate surface area is 151 Å². The fourth-order valence-electron chi connectivity index (χ4n) is 2.18. The maximum absolute atomic E-state index is 12.6. The number of aryl methyl sites for hydroxylation is 2. The first kappa shape index (κ1) is 21.0. The Hall–Kier alpha value is -2.04. The molecule has 0 bridgehead atoms. The summed E-state index contributed by atoms with van der Waals surface area (Å²) < 4.78 is 5.27. The molecule has 1 aromatic rings. The summed E-state index contributed by atoms with van der Waals surface area (Å²) in [5, 5.41) is 5.83. The van der Waals surface area contributed by atoms with Crippen molar-refractivity contribution in [2.24, 2.45) is 5.92 Å². The quantitative estimate of drug-likeness (QED) is 0.846. The van der Waals surface area contributed by atoms with E-state index in [1.54, 1.807) is 0 Å². The van der Waals surface area contributed by atoms with E-state index in [4.69, 9.17) is 4.74 Å². The molecule has 25 heavy (non-hydrogen) atoms. The summed E-state index contributed by atoms with van der Waals surface area (Å²) in [6.45, 7) is 15.7. The van der Waals surface area contributed by atoms with Crippen molar-refractivity contribution in [3.63, 3.8) is 0 Å². The Morgan fingerprint density at radius 1 is 1.08 bits per heavy atom. The van der Waals surface area contributed by atoms with Gasteiger partial charge in [0.25, 0.3) is 5.91 Å². The van der Waals surface area contributed by atoms with Crippen molar-refractivity contribution in [2.45, 2.75) is 66.5 Å². The minimum absolute atomic E-state index is 0.123. The van der Waals surface area contributed by atoms with E-state index in [1.165, 1.54) is 0 Å². The Bertz CT molecular complexity index is 632. The van der Waals surface area contributed by atoms with E-state index in [0.717, 1.165) is 11.1 Å². The van der Waals surface area contributed by atoms with Crippen LogP contribution in [-0.4, -0.2) is 29.7 Å². The summed E-state index contributed by atoms with van der Waals surface area (Å²) in [5.74, 6) is -0.0248. The summed E-state index contributed by atoms with van der Waals surface area (Å²) in [6.07, 6.45) is -0.486. The van der Waals surface area contributed by atoms with Crippen molar-refractivity contribution in [1.29, 1.82) is 0 Å². The van der Waals surface area contributed by atoms with Gasteiger partial charge in [0.2, 0.25) is 0 Å². The zero-order valence-electron chi connectivity index (χ0n) is 16.7. The zero-order chi connectivity index (χ0) is 19.4. The van der Waals surface area contributed by atoms with Gasteiger partial charge in [-0.05, 0) is 70.7 Å². The molecule has 1 rings (SSSR count). The minimum atomic E-state index is -0.590. The fraction of sp³-hybridized carbons (Fsp3) is 0.600. The Kier molecular flexibility index (Phi) is 6.63. The molecule has 140 valence electrons. The molecule has 1 aromatic carbocycles. The van der Waals surface area contributed by atoms with Gasteiger partial charge in [0.05, 0.1) is 5.54 Å². The second-order valence-corrected chi connectivity index (χ2v) is 8.18. The van der Waals surface area contributed by atoms with Gasteiger partial charge >= 0.3 is 6.09 Å². The first-order valence-electron chi connectivity index (χ1n) is 8.71. The number of ether oxygens (including phenoxy) is 1. The van der Waals surface area contributed by atoms with Crippen LogP contribution in [0, 0.1) is 19.8 Å². The van der Waals surface area contributed by atoms with E-state index in [2.05, 4.69) is 10.6 Å². The number of hydrogen-bond acceptors (Lipinski definition) is 3. The lowest BCUT2D eigenvalue weighted by atomic mass is 9.87. The lowest BCUT2D eigenvalue weighted by molar-refractivity contribution is 0.0497. The monoisotopic (exact) mass is 348 g/mol. The molecule has 0 saturated heterocycles. The number of benzene rings is 1. The molecule has 5 heteroatoms. The number of nitrogens with one attached hydrogen (secondary N) is 2. The lowest BCUT2D eigenvalue weighted by Crippen LogP contribution is -2.57. The smallest absolute Gasteiger partial charge is 0.407 e. The van der Waals surface area contributed by atoms with E-state index < -0.39 is 17.2 Å². The first-order chi connectivity index (χ1) is 11.3. The molecular weight excluding hydrogens is 316 g/mol. The summed E-state index contributed by atoms with van der Waals surface area (Å²) in [6, 6.07) is 5.64. The van der Waals surface area contributed by atoms with Crippen molar-refractivity contribution >= 4 is 12.0 Å². The molecule has 2 N–H and O–H groups in total. The Morgan fingerprint density at radius 3 is 2.16 bits per heavy atom. The van der Waals surface area contributed by atoms with Gasteiger partial charge in [-0.15, -0.1) is 0 Å². The highest BCUT2D eigenvalue weighted by Gasteiger charge is 2.32. The Morgan fingerprint density at radius 2 is 1.68 bits per heavy atom. The molecule has 0 aliphatic carbocycles. The molecule has 0 spiro atoms. The van der Waals surface area contributed by atoms with Crippen LogP contribution >= 0.6 is 0 Å². The van der Waals surface area contributed by atoms with Crippen molar-refractivity contribution in [3.05, 3.63) is 34.9 Å². The SMILES string of the molecule is Cc1ccc(C(=O)NC(C)(CNC(=O)OC(C)(C)C)C(C)C)cc1C. The summed E-state index contributed by atoms with van der Waals surface area (Å²) >= 11 is 0. The van der Waals surface area contributed by atoms with Crippen molar-refractivity contribution < 1.29 is 14.3 Å². The average Bonchev–Trinajstić information content (AvgIpc) is 2.46. The van der Waals surface area contributed by atoms with Crippen LogP contribution in [0.15, 0.2) is 18.2 Å². The van der Waals surface area contributed by atoms with Crippen LogP contribution in [0.5, 0.6) is 0 Å². The summed E-state index contributed by atoms with van der Waals surface area (Å²) in [7, 11) is 0. The van der Waals surface area contributed by atoms with Crippen LogP contribution in [-0.2, 0) is 4.74 Å². The second-order valence-electron chi connectivity index (χ2n) is 8.18. The van der Waals surface area contributed by atoms with Gasteiger partial charge in [0.15, 0.2) is 0 Å². The first-order valence-corrected chi connectivity index (χ1v) is 8.71. The maximum Gasteiger partial charge on any atom is 0.407 e. The molecule has 5 nitrogen and oxygen atoms in total. The number of carbonyl (C=O) groups excluding carboxylic acids is 2. The molecule has 0 aromatic heterocycles. The lowest BCUT2D eigenvalue weighted by Gasteiger charge is -2.35. The largest absolute Gasteiger partial charge is 0.444 e. The van der Waals surface area contributed by atoms with Crippen LogP contribution in [0.3, 0.4) is 0 Å². The zero-order valence-corrected chi connectivity index (χ0v) is 16.7. The van der Waals surface area contributed by atoms with Crippen LogP contribution in [0.4, 0.5) is 4.79 Å². The molecule has 0 saturated carbocycles. The van der Waals surface area contributed by atoms with Crippen molar-refractivity contribution in [2.75, 3.05) is 6.54 Å². The van der Waals surface area contributed by atoms with Crippen LogP contribution < -0.4 is 10.6 Å². The third-order valence-electron chi connectivity index (χ3n) is 4.44. The standard InChI is InChI=1S/C20H32N2O3/c1-13(2)20(8,12-21-18(24)25-19(5,6)7)22-17(23)16-10-9-14(3)15(4)11-16/h9-11,13H,12H2,1-8H3,(H,21,24)(H,22,23). The van der Waals surface area contributed by atoms with E-state index in [9.17, 15) is 9.59 Å². The van der Waals surface area contributed by atoms with Gasteiger partial charge in [0, 0.05) is 12.1 Å². The molecule has 0 aliphatic heterocycles. The van der Waals surface area contributed by atoms with Crippen molar-refractivity contribution in [3.8, 4) is 0 Å². The highest BCUT2D eigenvalue weighted by Crippen LogP contribution is 2.18. The highest BCUT2D eigenvalue weighted by molar-refractivity contribution is 5.95. The van der Waals surface area contributed by atoms with E-state index >= 15 is 0 Å². The predicted octanol–water partition coefficient (Wildman–Crippen LogP) is 3.97. The molecular formula is C20H32N2O3. The van der Waals surface area contributed by atoms with Gasteiger partial charge in [-0.3, -0.25) is 4.79 Å². The molecule has 2 amide bonds. The molecule has 0 fully saturated rings. The normalized spacial score (nSPS) is 14.0. The maximum atomic E-state index is 12.6. The number of rotatable bonds is 5. The third kappa shape index (κ3) is 6.40. The third-order valence-corrected chi connectivity index (χ3v) is 4.44. The number of amides is 2. The van der Waals surface area contributed by atoms with Gasteiger partial charge < -0.3 is 15.4 Å². The average molecular weight is 348 g/mol. The molecule has 0 aliphatic rings. The topological polar surface area (TPSA) is 67.4 Å². The Balaban J connectivity index is 2.82. The van der Waals surface area contributed by atoms with Crippen molar-refractivity contribution in [1.82, 2.24) is 10.6 Å². The second kappa shape index (κ2) is 7.89. The molecule has 0 radical (unpaired) electrons.